The van der Waals surface area contributed by atoms with E-state index < -0.39 is 18.0 Å². The predicted octanol–water partition coefficient (Wildman–Crippen LogP) is 3.60. The number of hydrogen-bond acceptors (Lipinski definition) is 4. The number of imide groups is 1. The zero-order chi connectivity index (χ0) is 20.0. The van der Waals surface area contributed by atoms with Gasteiger partial charge in [0.05, 0.1) is 12.8 Å². The summed E-state index contributed by atoms with van der Waals surface area (Å²) in [6.07, 6.45) is 0. The van der Waals surface area contributed by atoms with Crippen LogP contribution in [0.1, 0.15) is 37.9 Å². The smallest absolute Gasteiger partial charge is 0.321 e. The van der Waals surface area contributed by atoms with Crippen molar-refractivity contribution in [2.75, 3.05) is 19.5 Å². The van der Waals surface area contributed by atoms with Crippen LogP contribution in [-0.2, 0) is 10.2 Å². The molecule has 2 aromatic carbocycles. The number of benzene rings is 2. The van der Waals surface area contributed by atoms with E-state index >= 15 is 0 Å². The van der Waals surface area contributed by atoms with Crippen LogP contribution in [0.25, 0.3) is 0 Å². The Hall–Kier alpha value is -3.02. The zero-order valence-corrected chi connectivity index (χ0v) is 16.4. The van der Waals surface area contributed by atoms with Crippen molar-refractivity contribution >= 4 is 17.6 Å². The van der Waals surface area contributed by atoms with Crippen LogP contribution in [0.3, 0.4) is 0 Å². The first-order chi connectivity index (χ1) is 12.8. The van der Waals surface area contributed by atoms with E-state index in [1.165, 1.54) is 7.05 Å². The normalized spacial score (nSPS) is 12.0. The molecule has 3 amide bonds. The SMILES string of the molecule is CNC(=O)NC(=O)[C@H](Nc1cc(C(C)(C)C)ccc1OC)c1ccccc1. The molecule has 0 spiro atoms. The molecule has 0 heterocycles. The van der Waals surface area contributed by atoms with Gasteiger partial charge in [-0.25, -0.2) is 4.79 Å². The molecule has 0 saturated heterocycles. The fraction of sp³-hybridized carbons (Fsp3) is 0.333. The predicted molar refractivity (Wildman–Crippen MR) is 107 cm³/mol. The highest BCUT2D eigenvalue weighted by molar-refractivity contribution is 5.98. The van der Waals surface area contributed by atoms with Gasteiger partial charge in [-0.3, -0.25) is 10.1 Å². The molecule has 1 atom stereocenters. The lowest BCUT2D eigenvalue weighted by molar-refractivity contribution is -0.120. The van der Waals surface area contributed by atoms with Gasteiger partial charge >= 0.3 is 6.03 Å². The second kappa shape index (κ2) is 8.58. The number of rotatable bonds is 5. The van der Waals surface area contributed by atoms with Gasteiger partial charge in [0, 0.05) is 7.05 Å². The minimum absolute atomic E-state index is 0.0602. The summed E-state index contributed by atoms with van der Waals surface area (Å²) in [5, 5.41) is 7.97. The quantitative estimate of drug-likeness (QED) is 0.752. The molecular weight excluding hydrogens is 342 g/mol. The van der Waals surface area contributed by atoms with E-state index in [-0.39, 0.29) is 5.41 Å². The number of nitrogens with one attached hydrogen (secondary N) is 3. The number of urea groups is 1. The fourth-order valence-electron chi connectivity index (χ4n) is 2.64. The highest BCUT2D eigenvalue weighted by Crippen LogP contribution is 2.33. The van der Waals surface area contributed by atoms with Crippen molar-refractivity contribution in [3.63, 3.8) is 0 Å². The molecule has 27 heavy (non-hydrogen) atoms. The van der Waals surface area contributed by atoms with E-state index in [9.17, 15) is 9.59 Å². The van der Waals surface area contributed by atoms with Gasteiger partial charge in [0.25, 0.3) is 5.91 Å². The largest absolute Gasteiger partial charge is 0.495 e. The Bertz CT molecular complexity index is 798. The third-order valence-corrected chi connectivity index (χ3v) is 4.22. The minimum Gasteiger partial charge on any atom is -0.495 e. The number of hydrogen-bond donors (Lipinski definition) is 3. The van der Waals surface area contributed by atoms with E-state index in [4.69, 9.17) is 4.74 Å². The van der Waals surface area contributed by atoms with Crippen molar-refractivity contribution in [2.24, 2.45) is 0 Å². The first-order valence-corrected chi connectivity index (χ1v) is 8.79. The van der Waals surface area contributed by atoms with E-state index in [1.807, 2.05) is 48.5 Å². The summed E-state index contributed by atoms with van der Waals surface area (Å²) in [6.45, 7) is 6.35. The lowest BCUT2D eigenvalue weighted by Gasteiger charge is -2.24. The van der Waals surface area contributed by atoms with Crippen LogP contribution >= 0.6 is 0 Å². The molecule has 2 aromatic rings. The van der Waals surface area contributed by atoms with Crippen molar-refractivity contribution in [3.8, 4) is 5.75 Å². The highest BCUT2D eigenvalue weighted by atomic mass is 16.5. The molecule has 0 radical (unpaired) electrons. The summed E-state index contributed by atoms with van der Waals surface area (Å²) in [5.41, 5.74) is 2.47. The Morgan fingerprint density at radius 2 is 1.70 bits per heavy atom. The molecule has 0 aliphatic carbocycles. The van der Waals surface area contributed by atoms with Crippen molar-refractivity contribution in [1.29, 1.82) is 0 Å². The Balaban J connectivity index is 2.43. The highest BCUT2D eigenvalue weighted by Gasteiger charge is 2.24. The van der Waals surface area contributed by atoms with Gasteiger partial charge in [-0.1, -0.05) is 57.2 Å². The van der Waals surface area contributed by atoms with Gasteiger partial charge in [-0.15, -0.1) is 0 Å². The fourth-order valence-corrected chi connectivity index (χ4v) is 2.64. The minimum atomic E-state index is -0.757. The zero-order valence-electron chi connectivity index (χ0n) is 16.4. The number of anilines is 1. The van der Waals surface area contributed by atoms with Gasteiger partial charge < -0.3 is 15.4 Å². The maximum Gasteiger partial charge on any atom is 0.321 e. The van der Waals surface area contributed by atoms with Crippen molar-refractivity contribution < 1.29 is 14.3 Å². The molecule has 2 rings (SSSR count). The Kier molecular flexibility index (Phi) is 6.45. The summed E-state index contributed by atoms with van der Waals surface area (Å²) < 4.78 is 5.46. The summed E-state index contributed by atoms with van der Waals surface area (Å²) in [4.78, 5) is 24.3. The van der Waals surface area contributed by atoms with Gasteiger partial charge in [0.15, 0.2) is 0 Å². The van der Waals surface area contributed by atoms with Crippen LogP contribution in [-0.4, -0.2) is 26.1 Å². The van der Waals surface area contributed by atoms with Crippen molar-refractivity contribution in [1.82, 2.24) is 10.6 Å². The monoisotopic (exact) mass is 369 g/mol. The van der Waals surface area contributed by atoms with Crippen LogP contribution in [0.15, 0.2) is 48.5 Å². The molecule has 6 heteroatoms. The molecule has 3 N–H and O–H groups in total. The molecule has 144 valence electrons. The van der Waals surface area contributed by atoms with E-state index in [2.05, 4.69) is 36.7 Å². The maximum absolute atomic E-state index is 12.7. The second-order valence-electron chi connectivity index (χ2n) is 7.22. The van der Waals surface area contributed by atoms with Crippen LogP contribution in [0.2, 0.25) is 0 Å². The third-order valence-electron chi connectivity index (χ3n) is 4.22. The molecule has 0 saturated carbocycles. The molecule has 6 nitrogen and oxygen atoms in total. The van der Waals surface area contributed by atoms with Crippen LogP contribution < -0.4 is 20.7 Å². The topological polar surface area (TPSA) is 79.5 Å². The Morgan fingerprint density at radius 3 is 2.26 bits per heavy atom. The Labute approximate surface area is 160 Å². The van der Waals surface area contributed by atoms with Crippen molar-refractivity contribution in [3.05, 3.63) is 59.7 Å². The van der Waals surface area contributed by atoms with Crippen molar-refractivity contribution in [2.45, 2.75) is 32.2 Å². The first-order valence-electron chi connectivity index (χ1n) is 8.79. The Morgan fingerprint density at radius 1 is 1.04 bits per heavy atom. The molecule has 0 aromatic heterocycles. The van der Waals surface area contributed by atoms with Gasteiger partial charge in [-0.05, 0) is 28.7 Å². The molecule has 0 unspecified atom stereocenters. The summed E-state index contributed by atoms with van der Waals surface area (Å²) in [5.74, 6) is 0.167. The molecule has 0 bridgehead atoms. The number of ether oxygens (including phenoxy) is 1. The van der Waals surface area contributed by atoms with Gasteiger partial charge in [0.1, 0.15) is 11.8 Å². The first kappa shape index (κ1) is 20.3. The molecule has 0 aliphatic rings. The number of methoxy groups -OCH3 is 1. The van der Waals surface area contributed by atoms with Crippen LogP contribution in [0, 0.1) is 0 Å². The number of carbonyl (C=O) groups is 2. The standard InChI is InChI=1S/C21H27N3O3/c1-21(2,3)15-11-12-17(27-5)16(13-15)23-18(14-9-7-6-8-10-14)19(25)24-20(26)22-4/h6-13,18,23H,1-5H3,(H2,22,24,25,26)/t18-/m1/s1. The summed E-state index contributed by atoms with van der Waals surface area (Å²) in [7, 11) is 3.04. The lowest BCUT2D eigenvalue weighted by atomic mass is 9.86. The summed E-state index contributed by atoms with van der Waals surface area (Å²) >= 11 is 0. The average Bonchev–Trinajstić information content (AvgIpc) is 2.65. The number of carbonyl (C=O) groups excluding carboxylic acids is 2. The van der Waals surface area contributed by atoms with E-state index in [1.54, 1.807) is 7.11 Å². The van der Waals surface area contributed by atoms with E-state index in [0.717, 1.165) is 11.1 Å². The second-order valence-corrected chi connectivity index (χ2v) is 7.22. The van der Waals surface area contributed by atoms with Gasteiger partial charge in [-0.2, -0.15) is 0 Å². The van der Waals surface area contributed by atoms with E-state index in [0.29, 0.717) is 11.4 Å². The number of amides is 3. The van der Waals surface area contributed by atoms with Crippen LogP contribution in [0.5, 0.6) is 5.75 Å². The van der Waals surface area contributed by atoms with Crippen LogP contribution in [0.4, 0.5) is 10.5 Å². The lowest BCUT2D eigenvalue weighted by Crippen LogP contribution is -2.42. The van der Waals surface area contributed by atoms with Gasteiger partial charge in [0.2, 0.25) is 0 Å². The molecule has 0 fully saturated rings. The molecular formula is C21H27N3O3. The third kappa shape index (κ3) is 5.23. The average molecular weight is 369 g/mol. The summed E-state index contributed by atoms with van der Waals surface area (Å²) in [6, 6.07) is 13.8. The molecule has 0 aliphatic heterocycles. The maximum atomic E-state index is 12.7.